The molecule has 1 aromatic carbocycles. The molecule has 4 heterocycles. The van der Waals surface area contributed by atoms with E-state index in [2.05, 4.69) is 25.9 Å². The van der Waals surface area contributed by atoms with Crippen LogP contribution in [0.5, 0.6) is 0 Å². The first-order valence-corrected chi connectivity index (χ1v) is 11.2. The molecule has 1 fully saturated rings. The number of hydrogen-bond donors (Lipinski definition) is 2. The van der Waals surface area contributed by atoms with Gasteiger partial charge in [-0.2, -0.15) is 0 Å². The highest BCUT2D eigenvalue weighted by Gasteiger charge is 2.39. The lowest BCUT2D eigenvalue weighted by molar-refractivity contribution is -0.137. The summed E-state index contributed by atoms with van der Waals surface area (Å²) >= 11 is 0. The van der Waals surface area contributed by atoms with Crippen LogP contribution in [0.15, 0.2) is 36.7 Å². The summed E-state index contributed by atoms with van der Waals surface area (Å²) in [4.78, 5) is 55.3. The van der Waals surface area contributed by atoms with Crippen LogP contribution in [0.4, 0.5) is 5.69 Å². The molecule has 3 aromatic rings. The van der Waals surface area contributed by atoms with Crippen molar-refractivity contribution < 1.29 is 19.2 Å². The van der Waals surface area contributed by atoms with Crippen molar-refractivity contribution in [2.45, 2.75) is 45.8 Å². The fourth-order valence-corrected chi connectivity index (χ4v) is 4.51. The van der Waals surface area contributed by atoms with Crippen LogP contribution in [-0.4, -0.2) is 54.5 Å². The Labute approximate surface area is 200 Å². The summed E-state index contributed by atoms with van der Waals surface area (Å²) in [6.45, 7) is 3.99. The summed E-state index contributed by atoms with van der Waals surface area (Å²) in [7, 11) is 0. The molecule has 0 bridgehead atoms. The quantitative estimate of drug-likeness (QED) is 0.533. The maximum absolute atomic E-state index is 13.0. The van der Waals surface area contributed by atoms with E-state index in [1.54, 1.807) is 30.6 Å². The van der Waals surface area contributed by atoms with Crippen LogP contribution in [0.2, 0.25) is 0 Å². The number of rotatable bonds is 5. The molecule has 4 amide bonds. The maximum atomic E-state index is 13.0. The molecule has 2 aliphatic heterocycles. The third kappa shape index (κ3) is 4.27. The lowest BCUT2D eigenvalue weighted by atomic mass is 10.0. The van der Waals surface area contributed by atoms with E-state index in [0.29, 0.717) is 28.2 Å². The number of nitrogens with zero attached hydrogens (tertiary/aromatic N) is 5. The summed E-state index contributed by atoms with van der Waals surface area (Å²) in [6.07, 6.45) is 3.87. The number of carbonyl (C=O) groups excluding carboxylic acids is 4. The zero-order chi connectivity index (χ0) is 24.7. The number of carbonyl (C=O) groups is 4. The molecule has 1 unspecified atom stereocenters. The Kier molecular flexibility index (Phi) is 5.59. The lowest BCUT2D eigenvalue weighted by Gasteiger charge is -2.29. The van der Waals surface area contributed by atoms with E-state index in [9.17, 15) is 19.2 Å². The van der Waals surface area contributed by atoms with E-state index in [0.717, 1.165) is 11.1 Å². The number of hydrogen-bond acceptors (Lipinski definition) is 7. The van der Waals surface area contributed by atoms with Crippen molar-refractivity contribution in [2.24, 2.45) is 0 Å². The zero-order valence-electron chi connectivity index (χ0n) is 19.2. The van der Waals surface area contributed by atoms with Gasteiger partial charge in [0.15, 0.2) is 0 Å². The number of benzene rings is 1. The monoisotopic (exact) mass is 473 g/mol. The first-order valence-electron chi connectivity index (χ1n) is 11.2. The van der Waals surface area contributed by atoms with Crippen molar-refractivity contribution in [1.29, 1.82) is 0 Å². The van der Waals surface area contributed by atoms with Crippen molar-refractivity contribution in [3.05, 3.63) is 58.9 Å². The van der Waals surface area contributed by atoms with Crippen LogP contribution in [0, 0.1) is 13.8 Å². The van der Waals surface area contributed by atoms with Gasteiger partial charge in [0.25, 0.3) is 5.91 Å². The van der Waals surface area contributed by atoms with Crippen LogP contribution >= 0.6 is 0 Å². The average Bonchev–Trinajstić information content (AvgIpc) is 3.39. The molecule has 2 aliphatic rings. The highest BCUT2D eigenvalue weighted by atomic mass is 16.2. The second-order valence-electron chi connectivity index (χ2n) is 8.76. The van der Waals surface area contributed by atoms with E-state index < -0.39 is 11.9 Å². The standard InChI is InChI=1S/C24H23N7O4/c1-13-8-14(2)22(25-9-13)18-11-30(29-28-18)12-21(33)26-17-5-3-4-15-16(17)10-31(24(15)35)19-6-7-20(32)27-23(19)34/h3-5,8-9,11,19H,6-7,10,12H2,1-2H3,(H,26,33)(H,27,32,34). The number of pyridine rings is 1. The normalized spacial score (nSPS) is 17.4. The second kappa shape index (κ2) is 8.75. The topological polar surface area (TPSA) is 139 Å². The molecule has 0 aliphatic carbocycles. The van der Waals surface area contributed by atoms with Gasteiger partial charge in [-0.25, -0.2) is 4.68 Å². The van der Waals surface area contributed by atoms with Crippen molar-refractivity contribution in [1.82, 2.24) is 30.2 Å². The fraction of sp³-hybridized carbons (Fsp3) is 0.292. The smallest absolute Gasteiger partial charge is 0.255 e. The molecular formula is C24H23N7O4. The highest BCUT2D eigenvalue weighted by Crippen LogP contribution is 2.32. The van der Waals surface area contributed by atoms with Crippen molar-refractivity contribution in [3.63, 3.8) is 0 Å². The fourth-order valence-electron chi connectivity index (χ4n) is 4.51. The molecule has 1 atom stereocenters. The minimum absolute atomic E-state index is 0.0770. The molecule has 178 valence electrons. The molecule has 2 aromatic heterocycles. The van der Waals surface area contributed by atoms with Crippen LogP contribution < -0.4 is 10.6 Å². The van der Waals surface area contributed by atoms with Gasteiger partial charge in [-0.1, -0.05) is 17.3 Å². The minimum Gasteiger partial charge on any atom is -0.324 e. The molecule has 0 saturated carbocycles. The first-order chi connectivity index (χ1) is 16.8. The molecule has 0 radical (unpaired) electrons. The Morgan fingerprint density at radius 3 is 2.83 bits per heavy atom. The molecule has 35 heavy (non-hydrogen) atoms. The van der Waals surface area contributed by atoms with Crippen molar-refractivity contribution in [2.75, 3.05) is 5.32 Å². The molecule has 11 heteroatoms. The van der Waals surface area contributed by atoms with Gasteiger partial charge in [0.05, 0.1) is 11.9 Å². The number of amides is 4. The van der Waals surface area contributed by atoms with E-state index >= 15 is 0 Å². The summed E-state index contributed by atoms with van der Waals surface area (Å²) in [5, 5.41) is 13.3. The van der Waals surface area contributed by atoms with Crippen LogP contribution in [-0.2, 0) is 27.5 Å². The first kappa shape index (κ1) is 22.4. The third-order valence-corrected chi connectivity index (χ3v) is 6.16. The Bertz CT molecular complexity index is 1380. The number of fused-ring (bicyclic) bond motifs is 1. The molecule has 0 spiro atoms. The average molecular weight is 473 g/mol. The number of nitrogens with one attached hydrogen (secondary N) is 2. The molecular weight excluding hydrogens is 450 g/mol. The Hall–Kier alpha value is -4.41. The number of anilines is 1. The van der Waals surface area contributed by atoms with Crippen molar-refractivity contribution >= 4 is 29.3 Å². The lowest BCUT2D eigenvalue weighted by Crippen LogP contribution is -2.52. The summed E-state index contributed by atoms with van der Waals surface area (Å²) in [6, 6.07) is 6.34. The van der Waals surface area contributed by atoms with Gasteiger partial charge in [0.1, 0.15) is 18.3 Å². The summed E-state index contributed by atoms with van der Waals surface area (Å²) < 4.78 is 1.43. The molecule has 11 nitrogen and oxygen atoms in total. The third-order valence-electron chi connectivity index (χ3n) is 6.16. The number of aromatic nitrogens is 4. The van der Waals surface area contributed by atoms with Gasteiger partial charge in [0, 0.05) is 36.0 Å². The van der Waals surface area contributed by atoms with E-state index in [1.165, 1.54) is 9.58 Å². The Balaban J connectivity index is 1.29. The van der Waals surface area contributed by atoms with Gasteiger partial charge < -0.3 is 10.2 Å². The molecule has 1 saturated heterocycles. The molecule has 5 rings (SSSR count). The zero-order valence-corrected chi connectivity index (χ0v) is 19.2. The van der Waals surface area contributed by atoms with Crippen LogP contribution in [0.1, 0.15) is 39.9 Å². The molecule has 2 N–H and O–H groups in total. The van der Waals surface area contributed by atoms with Crippen molar-refractivity contribution in [3.8, 4) is 11.4 Å². The predicted molar refractivity (Wildman–Crippen MR) is 124 cm³/mol. The van der Waals surface area contributed by atoms with Crippen LogP contribution in [0.25, 0.3) is 11.4 Å². The van der Waals surface area contributed by atoms with Gasteiger partial charge in [-0.15, -0.1) is 5.10 Å². The van der Waals surface area contributed by atoms with E-state index in [-0.39, 0.29) is 43.7 Å². The summed E-state index contributed by atoms with van der Waals surface area (Å²) in [5.41, 5.74) is 4.84. The maximum Gasteiger partial charge on any atom is 0.255 e. The van der Waals surface area contributed by atoms with E-state index in [4.69, 9.17) is 0 Å². The van der Waals surface area contributed by atoms with Crippen LogP contribution in [0.3, 0.4) is 0 Å². The summed E-state index contributed by atoms with van der Waals surface area (Å²) in [5.74, 6) is -1.45. The van der Waals surface area contributed by atoms with Gasteiger partial charge >= 0.3 is 0 Å². The Morgan fingerprint density at radius 2 is 2.06 bits per heavy atom. The number of imide groups is 1. The Morgan fingerprint density at radius 1 is 1.23 bits per heavy atom. The number of piperidine rings is 1. The van der Waals surface area contributed by atoms with Gasteiger partial charge in [0.2, 0.25) is 17.7 Å². The predicted octanol–water partition coefficient (Wildman–Crippen LogP) is 1.36. The SMILES string of the molecule is Cc1cnc(-c2cn(CC(=O)Nc3cccc4c3CN(C3CCC(=O)NC3=O)C4=O)nn2)c(C)c1. The second-order valence-corrected chi connectivity index (χ2v) is 8.76. The minimum atomic E-state index is -0.719. The number of aryl methyl sites for hydroxylation is 2. The van der Waals surface area contributed by atoms with Gasteiger partial charge in [-0.05, 0) is 43.5 Å². The highest BCUT2D eigenvalue weighted by molar-refractivity contribution is 6.06. The van der Waals surface area contributed by atoms with Gasteiger partial charge in [-0.3, -0.25) is 29.5 Å². The largest absolute Gasteiger partial charge is 0.324 e. The van der Waals surface area contributed by atoms with E-state index in [1.807, 2.05) is 19.9 Å².